The van der Waals surface area contributed by atoms with E-state index in [0.29, 0.717) is 0 Å². The standard InChI is InChI=1S/C15H23N3O/c1-18(2)8-10-19-9-7-16-12-13-3-4-14-5-6-17-15(14)11-13/h3-6,11,16-17H,7-10,12H2,1-2H3. The van der Waals surface area contributed by atoms with Crippen LogP contribution in [0.3, 0.4) is 0 Å². The van der Waals surface area contributed by atoms with Crippen LogP contribution in [0.25, 0.3) is 10.9 Å². The number of hydrogen-bond acceptors (Lipinski definition) is 3. The Morgan fingerprint density at radius 2 is 2.11 bits per heavy atom. The van der Waals surface area contributed by atoms with Crippen molar-refractivity contribution >= 4 is 10.9 Å². The average molecular weight is 261 g/mol. The molecule has 0 aliphatic carbocycles. The van der Waals surface area contributed by atoms with Gasteiger partial charge in [0.15, 0.2) is 0 Å². The zero-order valence-electron chi connectivity index (χ0n) is 11.8. The van der Waals surface area contributed by atoms with E-state index in [4.69, 9.17) is 4.74 Å². The topological polar surface area (TPSA) is 40.3 Å². The van der Waals surface area contributed by atoms with E-state index >= 15 is 0 Å². The first-order chi connectivity index (χ1) is 9.25. The summed E-state index contributed by atoms with van der Waals surface area (Å²) in [6.45, 7) is 4.30. The SMILES string of the molecule is CN(C)CCOCCNCc1ccc2cc[nH]c2c1. The van der Waals surface area contributed by atoms with Crippen molar-refractivity contribution in [2.24, 2.45) is 0 Å². The van der Waals surface area contributed by atoms with Gasteiger partial charge in [0.2, 0.25) is 0 Å². The fraction of sp³-hybridized carbons (Fsp3) is 0.467. The highest BCUT2D eigenvalue weighted by atomic mass is 16.5. The predicted octanol–water partition coefficient (Wildman–Crippen LogP) is 1.84. The average Bonchev–Trinajstić information content (AvgIpc) is 2.84. The maximum atomic E-state index is 5.53. The number of H-pyrrole nitrogens is 1. The summed E-state index contributed by atoms with van der Waals surface area (Å²) in [7, 11) is 4.11. The van der Waals surface area contributed by atoms with E-state index in [1.807, 2.05) is 6.20 Å². The molecule has 0 radical (unpaired) electrons. The first-order valence-electron chi connectivity index (χ1n) is 6.75. The normalized spacial score (nSPS) is 11.5. The lowest BCUT2D eigenvalue weighted by atomic mass is 10.1. The van der Waals surface area contributed by atoms with E-state index in [-0.39, 0.29) is 0 Å². The summed E-state index contributed by atoms with van der Waals surface area (Å²) in [6.07, 6.45) is 1.97. The summed E-state index contributed by atoms with van der Waals surface area (Å²) in [4.78, 5) is 5.36. The largest absolute Gasteiger partial charge is 0.379 e. The summed E-state index contributed by atoms with van der Waals surface area (Å²) >= 11 is 0. The summed E-state index contributed by atoms with van der Waals surface area (Å²) in [5.41, 5.74) is 2.49. The molecule has 2 rings (SSSR count). The van der Waals surface area contributed by atoms with Gasteiger partial charge in [0.25, 0.3) is 0 Å². The minimum atomic E-state index is 0.762. The van der Waals surface area contributed by atoms with Crippen molar-refractivity contribution in [2.75, 3.05) is 40.4 Å². The molecule has 4 heteroatoms. The minimum absolute atomic E-state index is 0.762. The number of hydrogen-bond donors (Lipinski definition) is 2. The second kappa shape index (κ2) is 7.28. The van der Waals surface area contributed by atoms with Gasteiger partial charge in [-0.15, -0.1) is 0 Å². The van der Waals surface area contributed by atoms with Crippen LogP contribution in [0.5, 0.6) is 0 Å². The number of nitrogens with zero attached hydrogens (tertiary/aromatic N) is 1. The van der Waals surface area contributed by atoms with Gasteiger partial charge in [-0.25, -0.2) is 0 Å². The van der Waals surface area contributed by atoms with Crippen LogP contribution in [0.2, 0.25) is 0 Å². The molecule has 0 aliphatic rings. The smallest absolute Gasteiger partial charge is 0.0593 e. The third-order valence-corrected chi connectivity index (χ3v) is 3.05. The third-order valence-electron chi connectivity index (χ3n) is 3.05. The maximum Gasteiger partial charge on any atom is 0.0593 e. The van der Waals surface area contributed by atoms with E-state index in [1.165, 1.54) is 16.5 Å². The molecule has 0 atom stereocenters. The van der Waals surface area contributed by atoms with Crippen LogP contribution in [0, 0.1) is 0 Å². The van der Waals surface area contributed by atoms with E-state index in [1.54, 1.807) is 0 Å². The molecule has 0 unspecified atom stereocenters. The Hall–Kier alpha value is -1.36. The molecule has 0 saturated heterocycles. The van der Waals surface area contributed by atoms with Crippen LogP contribution < -0.4 is 5.32 Å². The van der Waals surface area contributed by atoms with Crippen molar-refractivity contribution in [2.45, 2.75) is 6.54 Å². The molecule has 0 bridgehead atoms. The van der Waals surface area contributed by atoms with E-state index < -0.39 is 0 Å². The summed E-state index contributed by atoms with van der Waals surface area (Å²) in [6, 6.07) is 8.59. The molecular weight excluding hydrogens is 238 g/mol. The maximum absolute atomic E-state index is 5.53. The Labute approximate surface area is 114 Å². The van der Waals surface area contributed by atoms with Crippen LogP contribution in [-0.4, -0.2) is 50.3 Å². The molecule has 104 valence electrons. The zero-order chi connectivity index (χ0) is 13.5. The minimum Gasteiger partial charge on any atom is -0.379 e. The number of nitrogens with one attached hydrogen (secondary N) is 2. The van der Waals surface area contributed by atoms with Gasteiger partial charge in [0, 0.05) is 31.3 Å². The van der Waals surface area contributed by atoms with Gasteiger partial charge in [0.05, 0.1) is 13.2 Å². The van der Waals surface area contributed by atoms with Crippen molar-refractivity contribution in [3.05, 3.63) is 36.0 Å². The van der Waals surface area contributed by atoms with Gasteiger partial charge < -0.3 is 19.9 Å². The van der Waals surface area contributed by atoms with Crippen LogP contribution in [0.4, 0.5) is 0 Å². The Kier molecular flexibility index (Phi) is 5.39. The fourth-order valence-electron chi connectivity index (χ4n) is 1.93. The highest BCUT2D eigenvalue weighted by molar-refractivity contribution is 5.79. The molecule has 1 aromatic carbocycles. The second-order valence-electron chi connectivity index (χ2n) is 4.99. The van der Waals surface area contributed by atoms with Crippen molar-refractivity contribution in [1.82, 2.24) is 15.2 Å². The van der Waals surface area contributed by atoms with Gasteiger partial charge in [-0.05, 0) is 37.2 Å². The molecule has 1 aromatic heterocycles. The van der Waals surface area contributed by atoms with Gasteiger partial charge in [0.1, 0.15) is 0 Å². The quantitative estimate of drug-likeness (QED) is 0.712. The summed E-state index contributed by atoms with van der Waals surface area (Å²) in [5.74, 6) is 0. The van der Waals surface area contributed by atoms with Crippen LogP contribution in [-0.2, 0) is 11.3 Å². The van der Waals surface area contributed by atoms with Gasteiger partial charge in [-0.2, -0.15) is 0 Å². The fourth-order valence-corrected chi connectivity index (χ4v) is 1.93. The number of ether oxygens (including phenoxy) is 1. The molecule has 0 saturated carbocycles. The van der Waals surface area contributed by atoms with Gasteiger partial charge >= 0.3 is 0 Å². The Balaban J connectivity index is 1.62. The summed E-state index contributed by atoms with van der Waals surface area (Å²) < 4.78 is 5.53. The molecule has 1 heterocycles. The first kappa shape index (κ1) is 14.1. The Morgan fingerprint density at radius 1 is 1.21 bits per heavy atom. The molecule has 2 N–H and O–H groups in total. The molecule has 0 fully saturated rings. The molecule has 4 nitrogen and oxygen atoms in total. The molecule has 19 heavy (non-hydrogen) atoms. The highest BCUT2D eigenvalue weighted by Crippen LogP contribution is 2.13. The van der Waals surface area contributed by atoms with E-state index in [0.717, 1.165) is 32.8 Å². The first-order valence-corrected chi connectivity index (χ1v) is 6.75. The third kappa shape index (κ3) is 4.67. The number of aromatic nitrogens is 1. The van der Waals surface area contributed by atoms with Crippen molar-refractivity contribution in [3.63, 3.8) is 0 Å². The number of fused-ring (bicyclic) bond motifs is 1. The summed E-state index contributed by atoms with van der Waals surface area (Å²) in [5, 5.41) is 4.65. The van der Waals surface area contributed by atoms with Crippen molar-refractivity contribution < 1.29 is 4.74 Å². The Bertz CT molecular complexity index is 493. The van der Waals surface area contributed by atoms with Crippen LogP contribution in [0.15, 0.2) is 30.5 Å². The highest BCUT2D eigenvalue weighted by Gasteiger charge is 1.97. The van der Waals surface area contributed by atoms with Crippen LogP contribution >= 0.6 is 0 Å². The monoisotopic (exact) mass is 261 g/mol. The van der Waals surface area contributed by atoms with Crippen LogP contribution in [0.1, 0.15) is 5.56 Å². The molecule has 0 amide bonds. The molecule has 2 aromatic rings. The molecule has 0 spiro atoms. The van der Waals surface area contributed by atoms with Gasteiger partial charge in [-0.1, -0.05) is 12.1 Å². The lowest BCUT2D eigenvalue weighted by Crippen LogP contribution is -2.23. The molecule has 0 aliphatic heterocycles. The van der Waals surface area contributed by atoms with E-state index in [2.05, 4.69) is 53.6 Å². The van der Waals surface area contributed by atoms with E-state index in [9.17, 15) is 0 Å². The number of aromatic amines is 1. The lowest BCUT2D eigenvalue weighted by Gasteiger charge is -2.10. The second-order valence-corrected chi connectivity index (χ2v) is 4.99. The van der Waals surface area contributed by atoms with Gasteiger partial charge in [-0.3, -0.25) is 0 Å². The van der Waals surface area contributed by atoms with Crippen molar-refractivity contribution in [3.8, 4) is 0 Å². The Morgan fingerprint density at radius 3 is 2.95 bits per heavy atom. The number of rotatable bonds is 8. The number of likely N-dealkylation sites (N-methyl/N-ethyl adjacent to an activating group) is 1. The predicted molar refractivity (Wildman–Crippen MR) is 79.4 cm³/mol. The lowest BCUT2D eigenvalue weighted by molar-refractivity contribution is 0.119. The van der Waals surface area contributed by atoms with Crippen molar-refractivity contribution in [1.29, 1.82) is 0 Å². The zero-order valence-corrected chi connectivity index (χ0v) is 11.8. The molecular formula is C15H23N3O. The number of benzene rings is 1.